The third-order valence-electron chi connectivity index (χ3n) is 2.66. The summed E-state index contributed by atoms with van der Waals surface area (Å²) in [6, 6.07) is 6.79. The molecule has 6 heteroatoms. The van der Waals surface area contributed by atoms with Crippen molar-refractivity contribution in [2.75, 3.05) is 11.4 Å². The van der Waals surface area contributed by atoms with Crippen LogP contribution >= 0.6 is 0 Å². The maximum absolute atomic E-state index is 12.2. The summed E-state index contributed by atoms with van der Waals surface area (Å²) in [7, 11) is 0. The van der Waals surface area contributed by atoms with Crippen molar-refractivity contribution in [2.45, 2.75) is 32.5 Å². The van der Waals surface area contributed by atoms with E-state index in [1.54, 1.807) is 45.0 Å². The fourth-order valence-electron chi connectivity index (χ4n) is 1.85. The summed E-state index contributed by atoms with van der Waals surface area (Å²) in [6.45, 7) is 5.19. The fourth-order valence-corrected chi connectivity index (χ4v) is 1.85. The lowest BCUT2D eigenvalue weighted by atomic mass is 10.2. The number of anilines is 1. The number of carboxylic acids is 1. The second-order valence-corrected chi connectivity index (χ2v) is 5.50. The van der Waals surface area contributed by atoms with E-state index in [0.29, 0.717) is 11.4 Å². The highest BCUT2D eigenvalue weighted by Gasteiger charge is 2.35. The lowest BCUT2D eigenvalue weighted by Crippen LogP contribution is -2.48. The summed E-state index contributed by atoms with van der Waals surface area (Å²) >= 11 is 0. The maximum atomic E-state index is 12.2. The molecule has 6 nitrogen and oxygen atoms in total. The Morgan fingerprint density at radius 1 is 1.35 bits per heavy atom. The van der Waals surface area contributed by atoms with Crippen LogP contribution in [0.5, 0.6) is 5.75 Å². The number of aliphatic carboxylic acids is 1. The minimum atomic E-state index is -1.12. The van der Waals surface area contributed by atoms with Crippen molar-refractivity contribution < 1.29 is 24.2 Å². The van der Waals surface area contributed by atoms with Gasteiger partial charge in [-0.1, -0.05) is 12.1 Å². The predicted molar refractivity (Wildman–Crippen MR) is 72.1 cm³/mol. The molecule has 1 aliphatic heterocycles. The van der Waals surface area contributed by atoms with E-state index in [1.165, 1.54) is 4.90 Å². The van der Waals surface area contributed by atoms with Crippen molar-refractivity contribution in [3.63, 3.8) is 0 Å². The Bertz CT molecular complexity index is 535. The maximum Gasteiger partial charge on any atom is 0.415 e. The zero-order valence-electron chi connectivity index (χ0n) is 11.6. The molecule has 1 aromatic rings. The van der Waals surface area contributed by atoms with Gasteiger partial charge in [-0.15, -0.1) is 0 Å². The lowest BCUT2D eigenvalue weighted by Gasteiger charge is -2.34. The first-order valence-electron chi connectivity index (χ1n) is 6.27. The number of carbonyl (C=O) groups excluding carboxylic acids is 1. The Kier molecular flexibility index (Phi) is 3.57. The van der Waals surface area contributed by atoms with Gasteiger partial charge >= 0.3 is 12.1 Å². The number of carbonyl (C=O) groups is 2. The highest BCUT2D eigenvalue weighted by molar-refractivity contribution is 5.92. The summed E-state index contributed by atoms with van der Waals surface area (Å²) in [4.78, 5) is 24.6. The molecule has 1 N–H and O–H groups in total. The van der Waals surface area contributed by atoms with Crippen LogP contribution in [-0.2, 0) is 9.53 Å². The molecule has 0 fully saturated rings. The molecule has 0 saturated heterocycles. The molecule has 0 unspecified atom stereocenters. The van der Waals surface area contributed by atoms with E-state index in [9.17, 15) is 9.59 Å². The molecule has 0 aliphatic carbocycles. The first-order chi connectivity index (χ1) is 9.28. The monoisotopic (exact) mass is 279 g/mol. The summed E-state index contributed by atoms with van der Waals surface area (Å²) in [5, 5.41) is 9.09. The number of benzene rings is 1. The number of hydrogen-bond donors (Lipinski definition) is 1. The number of amides is 1. The molecular formula is C14H17NO5. The standard InChI is InChI=1S/C14H17NO5/c1-14(2,3)20-13(18)15-8-11(12(16)17)19-10-7-5-4-6-9(10)15/h4-7,11H,8H2,1-3H3,(H,16,17)/t11-/m0/s1. The molecule has 0 radical (unpaired) electrons. The van der Waals surface area contributed by atoms with Crippen LogP contribution in [0.15, 0.2) is 24.3 Å². The zero-order valence-corrected chi connectivity index (χ0v) is 11.6. The molecule has 1 aliphatic rings. The van der Waals surface area contributed by atoms with Crippen molar-refractivity contribution in [1.29, 1.82) is 0 Å². The van der Waals surface area contributed by atoms with Crippen LogP contribution in [0.25, 0.3) is 0 Å². The van der Waals surface area contributed by atoms with Gasteiger partial charge in [0.2, 0.25) is 6.10 Å². The summed E-state index contributed by atoms with van der Waals surface area (Å²) in [5.74, 6) is -0.759. The van der Waals surface area contributed by atoms with Gasteiger partial charge in [0, 0.05) is 0 Å². The van der Waals surface area contributed by atoms with Crippen molar-refractivity contribution in [1.82, 2.24) is 0 Å². The second-order valence-electron chi connectivity index (χ2n) is 5.50. The summed E-state index contributed by atoms with van der Waals surface area (Å²) in [5.41, 5.74) is -0.137. The van der Waals surface area contributed by atoms with Gasteiger partial charge in [-0.3, -0.25) is 4.90 Å². The molecular weight excluding hydrogens is 262 g/mol. The number of ether oxygens (including phenoxy) is 2. The average molecular weight is 279 g/mol. The highest BCUT2D eigenvalue weighted by Crippen LogP contribution is 2.34. The largest absolute Gasteiger partial charge is 0.478 e. The quantitative estimate of drug-likeness (QED) is 0.853. The van der Waals surface area contributed by atoms with Gasteiger partial charge in [-0.2, -0.15) is 0 Å². The third kappa shape index (κ3) is 3.01. The lowest BCUT2D eigenvalue weighted by molar-refractivity contribution is -0.144. The van der Waals surface area contributed by atoms with Gasteiger partial charge < -0.3 is 14.6 Å². The first-order valence-corrected chi connectivity index (χ1v) is 6.27. The minimum absolute atomic E-state index is 0.0821. The van der Waals surface area contributed by atoms with Crippen LogP contribution in [0.1, 0.15) is 20.8 Å². The Labute approximate surface area is 116 Å². The van der Waals surface area contributed by atoms with Crippen LogP contribution in [0.3, 0.4) is 0 Å². The number of fused-ring (bicyclic) bond motifs is 1. The van der Waals surface area contributed by atoms with Crippen LogP contribution in [-0.4, -0.2) is 35.4 Å². The van der Waals surface area contributed by atoms with Crippen molar-refractivity contribution in [3.05, 3.63) is 24.3 Å². The minimum Gasteiger partial charge on any atom is -0.478 e. The highest BCUT2D eigenvalue weighted by atomic mass is 16.6. The van der Waals surface area contributed by atoms with Crippen molar-refractivity contribution in [3.8, 4) is 5.75 Å². The van der Waals surface area contributed by atoms with Gasteiger partial charge in [-0.25, -0.2) is 9.59 Å². The van der Waals surface area contributed by atoms with Gasteiger partial charge in [0.25, 0.3) is 0 Å². The molecule has 0 saturated carbocycles. The fraction of sp³-hybridized carbons (Fsp3) is 0.429. The second kappa shape index (κ2) is 5.03. The van der Waals surface area contributed by atoms with E-state index in [2.05, 4.69) is 0 Å². The molecule has 0 spiro atoms. The van der Waals surface area contributed by atoms with Crippen LogP contribution in [0.2, 0.25) is 0 Å². The predicted octanol–water partition coefficient (Wildman–Crippen LogP) is 2.27. The molecule has 20 heavy (non-hydrogen) atoms. The average Bonchev–Trinajstić information content (AvgIpc) is 2.35. The molecule has 1 aromatic carbocycles. The van der Waals surface area contributed by atoms with Crippen molar-refractivity contribution >= 4 is 17.7 Å². The van der Waals surface area contributed by atoms with E-state index >= 15 is 0 Å². The summed E-state index contributed by atoms with van der Waals surface area (Å²) in [6.07, 6.45) is -1.68. The van der Waals surface area contributed by atoms with E-state index in [0.717, 1.165) is 0 Å². The zero-order chi connectivity index (χ0) is 14.9. The van der Waals surface area contributed by atoms with Gasteiger partial charge in [0.1, 0.15) is 11.4 Å². The number of para-hydroxylation sites is 2. The molecule has 1 amide bonds. The van der Waals surface area contributed by atoms with Crippen LogP contribution in [0.4, 0.5) is 10.5 Å². The Balaban J connectivity index is 2.31. The van der Waals surface area contributed by atoms with Gasteiger partial charge in [0.05, 0.1) is 12.2 Å². The van der Waals surface area contributed by atoms with E-state index in [-0.39, 0.29) is 6.54 Å². The number of nitrogens with zero attached hydrogens (tertiary/aromatic N) is 1. The molecule has 108 valence electrons. The Morgan fingerprint density at radius 3 is 2.60 bits per heavy atom. The number of hydrogen-bond acceptors (Lipinski definition) is 4. The Morgan fingerprint density at radius 2 is 2.00 bits per heavy atom. The van der Waals surface area contributed by atoms with E-state index < -0.39 is 23.8 Å². The number of rotatable bonds is 1. The molecule has 1 atom stereocenters. The smallest absolute Gasteiger partial charge is 0.415 e. The summed E-state index contributed by atoms with van der Waals surface area (Å²) < 4.78 is 10.7. The topological polar surface area (TPSA) is 76.1 Å². The third-order valence-corrected chi connectivity index (χ3v) is 2.66. The molecule has 1 heterocycles. The Hall–Kier alpha value is -2.24. The number of carboxylic acid groups (broad SMARTS) is 1. The normalized spacial score (nSPS) is 17.9. The van der Waals surface area contributed by atoms with Gasteiger partial charge in [0.15, 0.2) is 0 Å². The van der Waals surface area contributed by atoms with Crippen LogP contribution in [0, 0.1) is 0 Å². The van der Waals surface area contributed by atoms with Crippen LogP contribution < -0.4 is 9.64 Å². The van der Waals surface area contributed by atoms with E-state index in [4.69, 9.17) is 14.6 Å². The SMILES string of the molecule is CC(C)(C)OC(=O)N1C[C@@H](C(=O)O)Oc2ccccc21. The molecule has 0 bridgehead atoms. The van der Waals surface area contributed by atoms with Crippen molar-refractivity contribution in [2.24, 2.45) is 0 Å². The van der Waals surface area contributed by atoms with Gasteiger partial charge in [-0.05, 0) is 32.9 Å². The van der Waals surface area contributed by atoms with E-state index in [1.807, 2.05) is 0 Å². The first kappa shape index (κ1) is 14.2. The molecule has 2 rings (SSSR count). The molecule has 0 aromatic heterocycles.